The third-order valence-electron chi connectivity index (χ3n) is 8.32. The minimum Gasteiger partial charge on any atom is -0.497 e. The molecular formula is C35H41ClN8O2. The Morgan fingerprint density at radius 2 is 1.52 bits per heavy atom. The van der Waals surface area contributed by atoms with Gasteiger partial charge in [0.1, 0.15) is 11.5 Å². The van der Waals surface area contributed by atoms with Gasteiger partial charge in [0.05, 0.1) is 30.9 Å². The van der Waals surface area contributed by atoms with Crippen LogP contribution in [0.2, 0.25) is 5.02 Å². The molecule has 10 nitrogen and oxygen atoms in total. The van der Waals surface area contributed by atoms with Gasteiger partial charge in [-0.1, -0.05) is 37.8 Å². The lowest BCUT2D eigenvalue weighted by atomic mass is 9.96. The lowest BCUT2D eigenvalue weighted by Crippen LogP contribution is -2.24. The van der Waals surface area contributed by atoms with Gasteiger partial charge in [0, 0.05) is 46.7 Å². The molecule has 1 saturated carbocycles. The van der Waals surface area contributed by atoms with E-state index in [2.05, 4.69) is 34.3 Å². The van der Waals surface area contributed by atoms with Crippen LogP contribution in [0.1, 0.15) is 51.0 Å². The first-order chi connectivity index (χ1) is 22.5. The second kappa shape index (κ2) is 14.7. The number of anilines is 5. The van der Waals surface area contributed by atoms with Gasteiger partial charge in [0.2, 0.25) is 17.8 Å². The Morgan fingerprint density at radius 3 is 2.33 bits per heavy atom. The molecule has 0 radical (unpaired) electrons. The van der Waals surface area contributed by atoms with E-state index < -0.39 is 0 Å². The number of halogens is 1. The van der Waals surface area contributed by atoms with Crippen molar-refractivity contribution in [2.45, 2.75) is 57.9 Å². The Balaban J connectivity index is 1.17. The van der Waals surface area contributed by atoms with Crippen molar-refractivity contribution in [3.05, 3.63) is 65.2 Å². The zero-order valence-electron chi connectivity index (χ0n) is 26.6. The summed E-state index contributed by atoms with van der Waals surface area (Å²) in [6, 6.07) is 18.2. The van der Waals surface area contributed by atoms with Crippen molar-refractivity contribution in [1.29, 1.82) is 0 Å². The Bertz CT molecular complexity index is 1790. The molecule has 1 aliphatic carbocycles. The standard InChI is InChI=1S/C35H41ClN8O2/c1-4-22-17-25(20-27(18-22)46-3)40-35-43-33(42-34(44-35)39-24-9-6-5-7-10-24)38-16-8-15-37-32-28-13-11-23(36)19-31(28)41-30-14-12-26(45-2)21-29(30)32/h11-14,17-21,24H,4-10,15-16H2,1-3H3,(H,37,41)(H3,38,39,40,42,43,44). The lowest BCUT2D eigenvalue weighted by molar-refractivity contribution is 0.414. The first kappa shape index (κ1) is 31.4. The first-order valence-corrected chi connectivity index (χ1v) is 16.4. The molecule has 2 heterocycles. The minimum absolute atomic E-state index is 0.364. The van der Waals surface area contributed by atoms with Gasteiger partial charge in [0.25, 0.3) is 0 Å². The number of hydrogen-bond acceptors (Lipinski definition) is 10. The number of nitrogens with zero attached hydrogens (tertiary/aromatic N) is 4. The molecule has 0 aliphatic heterocycles. The Labute approximate surface area is 274 Å². The third kappa shape index (κ3) is 7.62. The molecule has 46 heavy (non-hydrogen) atoms. The highest BCUT2D eigenvalue weighted by atomic mass is 35.5. The highest BCUT2D eigenvalue weighted by molar-refractivity contribution is 6.31. The van der Waals surface area contributed by atoms with E-state index in [1.165, 1.54) is 24.8 Å². The maximum absolute atomic E-state index is 6.30. The second-order valence-corrected chi connectivity index (χ2v) is 12.0. The number of fused-ring (bicyclic) bond motifs is 2. The predicted molar refractivity (Wildman–Crippen MR) is 188 cm³/mol. The summed E-state index contributed by atoms with van der Waals surface area (Å²) in [4.78, 5) is 19.0. The Kier molecular flexibility index (Phi) is 10.0. The highest BCUT2D eigenvalue weighted by Crippen LogP contribution is 2.34. The zero-order chi connectivity index (χ0) is 31.9. The van der Waals surface area contributed by atoms with E-state index in [1.54, 1.807) is 14.2 Å². The zero-order valence-corrected chi connectivity index (χ0v) is 27.4. The Hall–Kier alpha value is -4.57. The molecule has 240 valence electrons. The first-order valence-electron chi connectivity index (χ1n) is 16.0. The summed E-state index contributed by atoms with van der Waals surface area (Å²) in [5.41, 5.74) is 4.76. The number of hydrogen-bond donors (Lipinski definition) is 4. The van der Waals surface area contributed by atoms with Crippen LogP contribution in [0.3, 0.4) is 0 Å². The molecule has 0 saturated heterocycles. The van der Waals surface area contributed by atoms with E-state index in [-0.39, 0.29) is 0 Å². The molecule has 0 spiro atoms. The average Bonchev–Trinajstić information content (AvgIpc) is 3.07. The van der Waals surface area contributed by atoms with Crippen LogP contribution < -0.4 is 30.7 Å². The van der Waals surface area contributed by atoms with Crippen LogP contribution in [0.5, 0.6) is 11.5 Å². The van der Waals surface area contributed by atoms with Crippen LogP contribution >= 0.6 is 11.6 Å². The number of ether oxygens (including phenoxy) is 2. The molecule has 2 aromatic heterocycles. The minimum atomic E-state index is 0.364. The number of aromatic nitrogens is 4. The molecule has 5 aromatic rings. The van der Waals surface area contributed by atoms with E-state index in [1.807, 2.05) is 48.5 Å². The van der Waals surface area contributed by atoms with E-state index in [4.69, 9.17) is 41.0 Å². The molecule has 4 N–H and O–H groups in total. The Morgan fingerprint density at radius 1 is 0.739 bits per heavy atom. The van der Waals surface area contributed by atoms with Gasteiger partial charge in [-0.15, -0.1) is 0 Å². The topological polar surface area (TPSA) is 118 Å². The van der Waals surface area contributed by atoms with Crippen molar-refractivity contribution in [3.63, 3.8) is 0 Å². The summed E-state index contributed by atoms with van der Waals surface area (Å²) in [5.74, 6) is 3.15. The molecule has 6 rings (SSSR count). The molecular weight excluding hydrogens is 600 g/mol. The number of nitrogens with one attached hydrogen (secondary N) is 4. The van der Waals surface area contributed by atoms with Crippen molar-refractivity contribution in [2.75, 3.05) is 48.6 Å². The predicted octanol–water partition coefficient (Wildman–Crippen LogP) is 8.21. The maximum atomic E-state index is 6.30. The van der Waals surface area contributed by atoms with Crippen LogP contribution in [0, 0.1) is 0 Å². The van der Waals surface area contributed by atoms with E-state index in [0.29, 0.717) is 42.0 Å². The van der Waals surface area contributed by atoms with Gasteiger partial charge in [-0.05, 0) is 79.8 Å². The molecule has 0 bridgehead atoms. The fourth-order valence-corrected chi connectivity index (χ4v) is 6.07. The molecule has 0 amide bonds. The second-order valence-electron chi connectivity index (χ2n) is 11.6. The van der Waals surface area contributed by atoms with E-state index in [0.717, 1.165) is 70.4 Å². The summed E-state index contributed by atoms with van der Waals surface area (Å²) < 4.78 is 11.0. The SMILES string of the molecule is CCc1cc(Nc2nc(NCCCNc3c4ccc(Cl)cc4nc4ccc(OC)cc34)nc(NC3CCCCC3)n2)cc(OC)c1. The monoisotopic (exact) mass is 640 g/mol. The molecule has 0 unspecified atom stereocenters. The van der Waals surface area contributed by atoms with Gasteiger partial charge in [-0.25, -0.2) is 4.98 Å². The van der Waals surface area contributed by atoms with Gasteiger partial charge in [-0.2, -0.15) is 15.0 Å². The molecule has 0 atom stereocenters. The van der Waals surface area contributed by atoms with Gasteiger partial charge >= 0.3 is 0 Å². The molecule has 11 heteroatoms. The van der Waals surface area contributed by atoms with Crippen LogP contribution in [0.25, 0.3) is 21.8 Å². The highest BCUT2D eigenvalue weighted by Gasteiger charge is 2.16. The average molecular weight is 641 g/mol. The number of aryl methyl sites for hydroxylation is 1. The smallest absolute Gasteiger partial charge is 0.233 e. The molecule has 1 aliphatic rings. The van der Waals surface area contributed by atoms with Gasteiger partial charge < -0.3 is 30.7 Å². The van der Waals surface area contributed by atoms with Gasteiger partial charge in [-0.3, -0.25) is 0 Å². The van der Waals surface area contributed by atoms with Crippen LogP contribution in [0.15, 0.2) is 54.6 Å². The summed E-state index contributed by atoms with van der Waals surface area (Å²) in [5, 5.41) is 16.7. The largest absolute Gasteiger partial charge is 0.497 e. The normalized spacial score (nSPS) is 13.5. The fraction of sp³-hybridized carbons (Fsp3) is 0.371. The van der Waals surface area contributed by atoms with E-state index in [9.17, 15) is 0 Å². The van der Waals surface area contributed by atoms with Crippen molar-refractivity contribution < 1.29 is 9.47 Å². The number of benzene rings is 3. The molecule has 3 aromatic carbocycles. The fourth-order valence-electron chi connectivity index (χ4n) is 5.90. The van der Waals surface area contributed by atoms with Crippen molar-refractivity contribution in [2.24, 2.45) is 0 Å². The van der Waals surface area contributed by atoms with E-state index >= 15 is 0 Å². The summed E-state index contributed by atoms with van der Waals surface area (Å²) in [6.45, 7) is 3.50. The number of methoxy groups -OCH3 is 2. The maximum Gasteiger partial charge on any atom is 0.233 e. The van der Waals surface area contributed by atoms with Crippen LogP contribution in [0.4, 0.5) is 29.2 Å². The summed E-state index contributed by atoms with van der Waals surface area (Å²) >= 11 is 6.30. The number of rotatable bonds is 13. The van der Waals surface area contributed by atoms with Gasteiger partial charge in [0.15, 0.2) is 0 Å². The van der Waals surface area contributed by atoms with Crippen molar-refractivity contribution >= 4 is 62.6 Å². The van der Waals surface area contributed by atoms with Crippen LogP contribution in [-0.2, 0) is 6.42 Å². The quantitative estimate of drug-likeness (QED) is 0.0740. The van der Waals surface area contributed by atoms with Crippen LogP contribution in [-0.4, -0.2) is 53.3 Å². The number of pyridine rings is 1. The van der Waals surface area contributed by atoms with Crippen molar-refractivity contribution in [1.82, 2.24) is 19.9 Å². The third-order valence-corrected chi connectivity index (χ3v) is 8.56. The summed E-state index contributed by atoms with van der Waals surface area (Å²) in [7, 11) is 3.35. The van der Waals surface area contributed by atoms with Crippen molar-refractivity contribution in [3.8, 4) is 11.5 Å². The summed E-state index contributed by atoms with van der Waals surface area (Å²) in [6.07, 6.45) is 7.67. The molecule has 1 fully saturated rings. The lowest BCUT2D eigenvalue weighted by Gasteiger charge is -2.23.